The molecule has 0 spiro atoms. The molecule has 0 radical (unpaired) electrons. The van der Waals surface area contributed by atoms with E-state index in [1.165, 1.54) is 29.2 Å². The average Bonchev–Trinajstić information content (AvgIpc) is 3.05. The number of benzene rings is 4. The molecule has 0 saturated heterocycles. The molecular weight excluding hydrogens is 610 g/mol. The molecule has 4 rings (SSSR count). The molecule has 1 N–H and O–H groups in total. The van der Waals surface area contributed by atoms with E-state index in [-0.39, 0.29) is 23.8 Å². The lowest BCUT2D eigenvalue weighted by Gasteiger charge is -2.34. The van der Waals surface area contributed by atoms with Gasteiger partial charge in [-0.3, -0.25) is 13.9 Å². The zero-order chi connectivity index (χ0) is 32.4. The number of nitrogens with one attached hydrogen (secondary N) is 1. The molecule has 0 saturated carbocycles. The van der Waals surface area contributed by atoms with Crippen LogP contribution in [0.1, 0.15) is 30.0 Å². The molecule has 1 unspecified atom stereocenters. The normalized spacial score (nSPS) is 11.8. The predicted octanol–water partition coefficient (Wildman–Crippen LogP) is 6.02. The highest BCUT2D eigenvalue weighted by molar-refractivity contribution is 7.92. The smallest absolute Gasteiger partial charge is 0.264 e. The van der Waals surface area contributed by atoms with E-state index in [1.807, 2.05) is 49.4 Å². The molecule has 0 aliphatic carbocycles. The van der Waals surface area contributed by atoms with E-state index in [1.54, 1.807) is 50.4 Å². The van der Waals surface area contributed by atoms with Crippen molar-refractivity contribution in [2.24, 2.45) is 0 Å². The molecule has 4 aromatic rings. The molecule has 10 heteroatoms. The van der Waals surface area contributed by atoms with Crippen molar-refractivity contribution >= 4 is 39.1 Å². The maximum absolute atomic E-state index is 14.5. The van der Waals surface area contributed by atoms with Gasteiger partial charge in [-0.25, -0.2) is 8.42 Å². The third-order valence-corrected chi connectivity index (χ3v) is 9.40. The summed E-state index contributed by atoms with van der Waals surface area (Å²) in [5.41, 5.74) is 2.62. The highest BCUT2D eigenvalue weighted by Crippen LogP contribution is 2.28. The van der Waals surface area contributed by atoms with Crippen LogP contribution in [0.25, 0.3) is 0 Å². The Kier molecular flexibility index (Phi) is 11.6. The fourth-order valence-corrected chi connectivity index (χ4v) is 6.58. The lowest BCUT2D eigenvalue weighted by atomic mass is 10.0. The zero-order valence-corrected chi connectivity index (χ0v) is 27.2. The van der Waals surface area contributed by atoms with Crippen LogP contribution in [0.4, 0.5) is 5.69 Å². The first kappa shape index (κ1) is 33.6. The van der Waals surface area contributed by atoms with Crippen LogP contribution in [0.15, 0.2) is 108 Å². The van der Waals surface area contributed by atoms with Crippen molar-refractivity contribution in [2.75, 3.05) is 24.5 Å². The van der Waals surface area contributed by atoms with Crippen LogP contribution in [0.5, 0.6) is 5.75 Å². The van der Waals surface area contributed by atoms with Crippen LogP contribution in [-0.2, 0) is 32.6 Å². The van der Waals surface area contributed by atoms with Crippen LogP contribution in [0, 0.1) is 6.92 Å². The zero-order valence-electron chi connectivity index (χ0n) is 25.6. The van der Waals surface area contributed by atoms with Gasteiger partial charge in [0, 0.05) is 24.5 Å². The van der Waals surface area contributed by atoms with E-state index in [0.29, 0.717) is 35.0 Å². The summed E-state index contributed by atoms with van der Waals surface area (Å²) in [5, 5.41) is 3.34. The third-order valence-electron chi connectivity index (χ3n) is 7.37. The Labute approximate surface area is 270 Å². The lowest BCUT2D eigenvalue weighted by Crippen LogP contribution is -2.53. The first-order chi connectivity index (χ1) is 21.6. The number of carbonyl (C=O) groups excluding carboxylic acids is 2. The summed E-state index contributed by atoms with van der Waals surface area (Å²) in [4.78, 5) is 29.7. The van der Waals surface area contributed by atoms with Crippen molar-refractivity contribution in [3.63, 3.8) is 0 Å². The summed E-state index contributed by atoms with van der Waals surface area (Å²) in [6, 6.07) is 28.6. The van der Waals surface area contributed by atoms with Gasteiger partial charge in [0.05, 0.1) is 17.7 Å². The summed E-state index contributed by atoms with van der Waals surface area (Å²) in [6.45, 7) is 3.69. The van der Waals surface area contributed by atoms with Gasteiger partial charge in [-0.2, -0.15) is 0 Å². The van der Waals surface area contributed by atoms with Crippen molar-refractivity contribution in [3.05, 3.63) is 125 Å². The third kappa shape index (κ3) is 8.65. The Balaban J connectivity index is 1.81. The fraction of sp³-hybridized carbons (Fsp3) is 0.257. The Morgan fingerprint density at radius 3 is 2.22 bits per heavy atom. The molecule has 0 aliphatic heterocycles. The average molecular weight is 648 g/mol. The van der Waals surface area contributed by atoms with Crippen LogP contribution in [0.3, 0.4) is 0 Å². The molecular formula is C35H38ClN3O5S. The maximum Gasteiger partial charge on any atom is 0.264 e. The molecule has 1 atom stereocenters. The summed E-state index contributed by atoms with van der Waals surface area (Å²) >= 11 is 6.06. The topological polar surface area (TPSA) is 96.0 Å². The molecule has 0 aromatic heterocycles. The number of hydrogen-bond donors (Lipinski definition) is 1. The van der Waals surface area contributed by atoms with Gasteiger partial charge in [0.1, 0.15) is 18.3 Å². The van der Waals surface area contributed by atoms with Crippen LogP contribution >= 0.6 is 11.6 Å². The number of nitrogens with zero attached hydrogens (tertiary/aromatic N) is 2. The lowest BCUT2D eigenvalue weighted by molar-refractivity contribution is -0.140. The van der Waals surface area contributed by atoms with Crippen LogP contribution in [-0.4, -0.2) is 51.4 Å². The van der Waals surface area contributed by atoms with Crippen molar-refractivity contribution < 1.29 is 22.7 Å². The number of aryl methyl sites for hydroxylation is 1. The second-order valence-electron chi connectivity index (χ2n) is 10.6. The van der Waals surface area contributed by atoms with E-state index in [9.17, 15) is 18.0 Å². The number of ether oxygens (including phenoxy) is 1. The monoisotopic (exact) mass is 647 g/mol. The van der Waals surface area contributed by atoms with Crippen molar-refractivity contribution in [2.45, 2.75) is 44.2 Å². The molecule has 0 aliphatic rings. The number of para-hydroxylation sites is 1. The summed E-state index contributed by atoms with van der Waals surface area (Å²) in [6.07, 6.45) is 0.953. The summed E-state index contributed by atoms with van der Waals surface area (Å²) in [5.74, 6) is -0.257. The number of halogens is 1. The molecule has 2 amide bonds. The van der Waals surface area contributed by atoms with Gasteiger partial charge in [-0.15, -0.1) is 0 Å². The Morgan fingerprint density at radius 1 is 0.889 bits per heavy atom. The molecule has 8 nitrogen and oxygen atoms in total. The first-order valence-electron chi connectivity index (χ1n) is 14.7. The number of hydrogen-bond acceptors (Lipinski definition) is 5. The standard InChI is InChI=1S/C35H38ClN3O5S/c1-4-21-37-35(41)33(23-27-12-6-5-7-13-27)38(24-28-14-10-15-30(22-28)44-3)34(40)25-39(32-16-9-8-11-26(32)2)45(42,43)31-19-17-29(36)18-20-31/h5-20,22,33H,4,21,23-25H2,1-3H3,(H,37,41). The van der Waals surface area contributed by atoms with Crippen molar-refractivity contribution in [1.29, 1.82) is 0 Å². The van der Waals surface area contributed by atoms with E-state index >= 15 is 0 Å². The maximum atomic E-state index is 14.5. The summed E-state index contributed by atoms with van der Waals surface area (Å²) in [7, 11) is -2.66. The van der Waals surface area contributed by atoms with E-state index < -0.39 is 28.5 Å². The number of carbonyl (C=O) groups is 2. The first-order valence-corrected chi connectivity index (χ1v) is 16.5. The largest absolute Gasteiger partial charge is 0.497 e. The van der Waals surface area contributed by atoms with Gasteiger partial charge in [0.15, 0.2) is 0 Å². The van der Waals surface area contributed by atoms with Crippen molar-refractivity contribution in [3.8, 4) is 5.75 Å². The minimum atomic E-state index is -4.22. The number of sulfonamides is 1. The molecule has 0 bridgehead atoms. The number of amides is 2. The van der Waals surface area contributed by atoms with Crippen LogP contribution in [0.2, 0.25) is 5.02 Å². The van der Waals surface area contributed by atoms with Gasteiger partial charge in [-0.1, -0.05) is 79.2 Å². The molecule has 236 valence electrons. The van der Waals surface area contributed by atoms with Crippen molar-refractivity contribution in [1.82, 2.24) is 10.2 Å². The Hall–Kier alpha value is -4.34. The molecule has 45 heavy (non-hydrogen) atoms. The Bertz CT molecular complexity index is 1700. The van der Waals surface area contributed by atoms with Gasteiger partial charge in [-0.05, 0) is 72.5 Å². The molecule has 4 aromatic carbocycles. The number of methoxy groups -OCH3 is 1. The van der Waals surface area contributed by atoms with Crippen LogP contribution < -0.4 is 14.4 Å². The molecule has 0 fully saturated rings. The summed E-state index contributed by atoms with van der Waals surface area (Å²) < 4.78 is 34.8. The predicted molar refractivity (Wildman–Crippen MR) is 178 cm³/mol. The highest BCUT2D eigenvalue weighted by atomic mass is 35.5. The van der Waals surface area contributed by atoms with E-state index in [2.05, 4.69) is 5.32 Å². The number of rotatable bonds is 14. The van der Waals surface area contributed by atoms with Gasteiger partial charge < -0.3 is 15.0 Å². The SMILES string of the molecule is CCCNC(=O)C(Cc1ccccc1)N(Cc1cccc(OC)c1)C(=O)CN(c1ccccc1C)S(=O)(=O)c1ccc(Cl)cc1. The second-order valence-corrected chi connectivity index (χ2v) is 12.9. The van der Waals surface area contributed by atoms with Gasteiger partial charge in [0.2, 0.25) is 11.8 Å². The minimum Gasteiger partial charge on any atom is -0.497 e. The number of anilines is 1. The quantitative estimate of drug-likeness (QED) is 0.181. The van der Waals surface area contributed by atoms with Gasteiger partial charge >= 0.3 is 0 Å². The van der Waals surface area contributed by atoms with Gasteiger partial charge in [0.25, 0.3) is 10.0 Å². The van der Waals surface area contributed by atoms with E-state index in [4.69, 9.17) is 16.3 Å². The fourth-order valence-electron chi connectivity index (χ4n) is 4.98. The Morgan fingerprint density at radius 2 is 1.56 bits per heavy atom. The second kappa shape index (κ2) is 15.6. The van der Waals surface area contributed by atoms with E-state index in [0.717, 1.165) is 15.4 Å². The minimum absolute atomic E-state index is 0.0103. The molecule has 0 heterocycles. The highest BCUT2D eigenvalue weighted by Gasteiger charge is 2.35.